The van der Waals surface area contributed by atoms with E-state index in [2.05, 4.69) is 64.4 Å². The lowest BCUT2D eigenvalue weighted by Gasteiger charge is -2.15. The highest BCUT2D eigenvalue weighted by Crippen LogP contribution is 2.10. The number of nitrogens with one attached hydrogen (secondary N) is 1. The molecule has 2 aromatic heterocycles. The Kier molecular flexibility index (Phi) is 4.57. The van der Waals surface area contributed by atoms with Gasteiger partial charge in [0.15, 0.2) is 0 Å². The highest BCUT2D eigenvalue weighted by molar-refractivity contribution is 5.34. The van der Waals surface area contributed by atoms with Gasteiger partial charge in [0.05, 0.1) is 17.9 Å². The number of nitrogens with zero attached hydrogens (tertiary/aromatic N) is 4. The van der Waals surface area contributed by atoms with Crippen molar-refractivity contribution in [1.82, 2.24) is 24.9 Å². The largest absolute Gasteiger partial charge is 0.308 e. The molecule has 5 nitrogen and oxygen atoms in total. The average molecular weight is 309 g/mol. The summed E-state index contributed by atoms with van der Waals surface area (Å²) in [5.41, 5.74) is 4.61. The summed E-state index contributed by atoms with van der Waals surface area (Å²) in [7, 11) is 0. The molecule has 1 aromatic carbocycles. The molecule has 0 saturated carbocycles. The lowest BCUT2D eigenvalue weighted by Crippen LogP contribution is -2.30. The van der Waals surface area contributed by atoms with Gasteiger partial charge in [0.2, 0.25) is 0 Å². The Hall–Kier alpha value is -2.40. The zero-order chi connectivity index (χ0) is 16.2. The van der Waals surface area contributed by atoms with E-state index in [9.17, 15) is 0 Å². The van der Waals surface area contributed by atoms with Gasteiger partial charge in [0, 0.05) is 30.7 Å². The molecule has 0 saturated heterocycles. The fourth-order valence-corrected chi connectivity index (χ4v) is 2.71. The van der Waals surface area contributed by atoms with Crippen molar-refractivity contribution in [3.63, 3.8) is 0 Å². The second-order valence-electron chi connectivity index (χ2n) is 6.01. The molecule has 0 aliphatic rings. The molecule has 0 unspecified atom stereocenters. The topological polar surface area (TPSA) is 47.7 Å². The van der Waals surface area contributed by atoms with E-state index in [0.717, 1.165) is 24.5 Å². The maximum absolute atomic E-state index is 4.52. The van der Waals surface area contributed by atoms with Crippen molar-refractivity contribution < 1.29 is 0 Å². The molecule has 5 heteroatoms. The van der Waals surface area contributed by atoms with Crippen LogP contribution in [-0.4, -0.2) is 25.6 Å². The minimum atomic E-state index is 0.348. The summed E-state index contributed by atoms with van der Waals surface area (Å²) in [6, 6.07) is 12.8. The number of aryl methyl sites for hydroxylation is 2. The minimum absolute atomic E-state index is 0.348. The molecular weight excluding hydrogens is 286 g/mol. The summed E-state index contributed by atoms with van der Waals surface area (Å²) in [5, 5.41) is 12.4. The van der Waals surface area contributed by atoms with Crippen LogP contribution in [0.1, 0.15) is 23.9 Å². The molecule has 3 rings (SSSR count). The Labute approximate surface area is 136 Å². The maximum Gasteiger partial charge on any atom is 0.0648 e. The molecule has 0 aliphatic heterocycles. The number of rotatable bonds is 6. The fourth-order valence-electron chi connectivity index (χ4n) is 2.71. The lowest BCUT2D eigenvalue weighted by molar-refractivity contribution is 0.444. The second kappa shape index (κ2) is 6.79. The summed E-state index contributed by atoms with van der Waals surface area (Å²) >= 11 is 0. The van der Waals surface area contributed by atoms with Crippen LogP contribution in [0.2, 0.25) is 0 Å². The van der Waals surface area contributed by atoms with Crippen LogP contribution in [0.3, 0.4) is 0 Å². The zero-order valence-electron chi connectivity index (χ0n) is 13.9. The van der Waals surface area contributed by atoms with E-state index in [1.165, 1.54) is 11.3 Å². The average Bonchev–Trinajstić information content (AvgIpc) is 3.16. The first-order valence-corrected chi connectivity index (χ1v) is 7.95. The van der Waals surface area contributed by atoms with Crippen molar-refractivity contribution in [3.05, 3.63) is 65.7 Å². The van der Waals surface area contributed by atoms with Crippen molar-refractivity contribution in [2.75, 3.05) is 0 Å². The van der Waals surface area contributed by atoms with E-state index >= 15 is 0 Å². The second-order valence-corrected chi connectivity index (χ2v) is 6.01. The van der Waals surface area contributed by atoms with Crippen molar-refractivity contribution >= 4 is 0 Å². The van der Waals surface area contributed by atoms with E-state index in [1.54, 1.807) is 6.20 Å². The molecular formula is C18H23N5. The molecule has 0 aliphatic carbocycles. The number of benzene rings is 1. The third-order valence-electron chi connectivity index (χ3n) is 3.88. The molecule has 1 atom stereocenters. The summed E-state index contributed by atoms with van der Waals surface area (Å²) in [4.78, 5) is 0. The van der Waals surface area contributed by atoms with Gasteiger partial charge in [0.1, 0.15) is 0 Å². The van der Waals surface area contributed by atoms with Crippen molar-refractivity contribution in [3.8, 4) is 5.69 Å². The predicted octanol–water partition coefficient (Wildman–Crippen LogP) is 2.86. The quantitative estimate of drug-likeness (QED) is 0.761. The standard InChI is InChI=1S/C18H23N5/c1-14-10-16(3)23(21-14)13-15(2)19-12-17-6-4-7-18(11-17)22-9-5-8-20-22/h4-11,15,19H,12-13H2,1-3H3/t15-/m1/s1. The Morgan fingerprint density at radius 3 is 2.74 bits per heavy atom. The Balaban J connectivity index is 1.60. The van der Waals surface area contributed by atoms with E-state index in [0.29, 0.717) is 6.04 Å². The Morgan fingerprint density at radius 1 is 1.17 bits per heavy atom. The van der Waals surface area contributed by atoms with E-state index in [-0.39, 0.29) is 0 Å². The van der Waals surface area contributed by atoms with Gasteiger partial charge in [-0.25, -0.2) is 4.68 Å². The van der Waals surface area contributed by atoms with Crippen LogP contribution in [0.4, 0.5) is 0 Å². The van der Waals surface area contributed by atoms with Gasteiger partial charge in [-0.05, 0) is 50.6 Å². The molecule has 0 bridgehead atoms. The van der Waals surface area contributed by atoms with Gasteiger partial charge in [-0.1, -0.05) is 12.1 Å². The first-order valence-electron chi connectivity index (χ1n) is 7.95. The van der Waals surface area contributed by atoms with Crippen molar-refractivity contribution in [1.29, 1.82) is 0 Å². The van der Waals surface area contributed by atoms with E-state index in [1.807, 2.05) is 23.9 Å². The maximum atomic E-state index is 4.52. The van der Waals surface area contributed by atoms with E-state index in [4.69, 9.17) is 0 Å². The molecule has 0 amide bonds. The number of hydrogen-bond acceptors (Lipinski definition) is 3. The van der Waals surface area contributed by atoms with Gasteiger partial charge in [0.25, 0.3) is 0 Å². The smallest absolute Gasteiger partial charge is 0.0648 e. The molecule has 1 N–H and O–H groups in total. The van der Waals surface area contributed by atoms with Gasteiger partial charge in [-0.3, -0.25) is 4.68 Å². The first kappa shape index (κ1) is 15.5. The summed E-state index contributed by atoms with van der Waals surface area (Å²) in [6.45, 7) is 8.02. The monoisotopic (exact) mass is 309 g/mol. The SMILES string of the molecule is Cc1cc(C)n(C[C@@H](C)NCc2cccc(-n3cccn3)c2)n1. The van der Waals surface area contributed by atoms with Crippen LogP contribution in [0.5, 0.6) is 0 Å². The summed E-state index contributed by atoms with van der Waals surface area (Å²) < 4.78 is 3.94. The third-order valence-corrected chi connectivity index (χ3v) is 3.88. The van der Waals surface area contributed by atoms with Crippen molar-refractivity contribution in [2.45, 2.75) is 39.9 Å². The van der Waals surface area contributed by atoms with Crippen LogP contribution in [0, 0.1) is 13.8 Å². The van der Waals surface area contributed by atoms with E-state index < -0.39 is 0 Å². The molecule has 0 radical (unpaired) electrons. The third kappa shape index (κ3) is 3.87. The highest BCUT2D eigenvalue weighted by Gasteiger charge is 2.07. The minimum Gasteiger partial charge on any atom is -0.308 e. The van der Waals surface area contributed by atoms with Crippen LogP contribution < -0.4 is 5.32 Å². The summed E-state index contributed by atoms with van der Waals surface area (Å²) in [6.07, 6.45) is 3.75. The zero-order valence-corrected chi connectivity index (χ0v) is 13.9. The highest BCUT2D eigenvalue weighted by atomic mass is 15.3. The Bertz CT molecular complexity index is 758. The van der Waals surface area contributed by atoms with Gasteiger partial charge < -0.3 is 5.32 Å². The van der Waals surface area contributed by atoms with Gasteiger partial charge in [-0.2, -0.15) is 10.2 Å². The number of hydrogen-bond donors (Lipinski definition) is 1. The molecule has 2 heterocycles. The Morgan fingerprint density at radius 2 is 2.04 bits per heavy atom. The van der Waals surface area contributed by atoms with Gasteiger partial charge in [-0.15, -0.1) is 0 Å². The van der Waals surface area contributed by atoms with Crippen LogP contribution in [0.25, 0.3) is 5.69 Å². The normalized spacial score (nSPS) is 12.5. The molecule has 23 heavy (non-hydrogen) atoms. The predicted molar refractivity (Wildman–Crippen MR) is 91.6 cm³/mol. The first-order chi connectivity index (χ1) is 11.1. The van der Waals surface area contributed by atoms with Crippen LogP contribution in [0.15, 0.2) is 48.8 Å². The summed E-state index contributed by atoms with van der Waals surface area (Å²) in [5.74, 6) is 0. The van der Waals surface area contributed by atoms with Crippen LogP contribution in [-0.2, 0) is 13.1 Å². The van der Waals surface area contributed by atoms with Crippen LogP contribution >= 0.6 is 0 Å². The lowest BCUT2D eigenvalue weighted by atomic mass is 10.2. The molecule has 0 spiro atoms. The number of aromatic nitrogens is 4. The van der Waals surface area contributed by atoms with Gasteiger partial charge >= 0.3 is 0 Å². The molecule has 3 aromatic rings. The fraction of sp³-hybridized carbons (Fsp3) is 0.333. The van der Waals surface area contributed by atoms with Crippen molar-refractivity contribution in [2.24, 2.45) is 0 Å². The molecule has 120 valence electrons. The molecule has 0 fully saturated rings.